The van der Waals surface area contributed by atoms with Crippen LogP contribution in [0.2, 0.25) is 0 Å². The lowest BCUT2D eigenvalue weighted by molar-refractivity contribution is -0.0285. The van der Waals surface area contributed by atoms with Gasteiger partial charge in [-0.25, -0.2) is 19.9 Å². The Morgan fingerprint density at radius 2 is 2.08 bits per heavy atom. The van der Waals surface area contributed by atoms with Gasteiger partial charge in [-0.2, -0.15) is 0 Å². The summed E-state index contributed by atoms with van der Waals surface area (Å²) in [5, 5.41) is 5.40. The number of hydrogen-bond donors (Lipinski definition) is 1. The lowest BCUT2D eigenvalue weighted by atomic mass is 10.2. The molecule has 1 aliphatic heterocycles. The van der Waals surface area contributed by atoms with Gasteiger partial charge in [0.1, 0.15) is 28.6 Å². The fourth-order valence-electron chi connectivity index (χ4n) is 4.81. The van der Waals surface area contributed by atoms with E-state index in [1.807, 2.05) is 42.6 Å². The Kier molecular flexibility index (Phi) is 6.20. The van der Waals surface area contributed by atoms with Crippen molar-refractivity contribution in [2.75, 3.05) is 18.5 Å². The fraction of sp³-hybridized carbons (Fsp3) is 0.346. The van der Waals surface area contributed by atoms with Crippen molar-refractivity contribution in [3.8, 4) is 5.69 Å². The van der Waals surface area contributed by atoms with Crippen LogP contribution in [0.25, 0.3) is 27.1 Å². The Hall–Kier alpha value is -3.63. The fourth-order valence-corrected chi connectivity index (χ4v) is 5.57. The summed E-state index contributed by atoms with van der Waals surface area (Å²) in [6.07, 6.45) is 7.72. The largest absolute Gasteiger partial charge is 0.358 e. The minimum atomic E-state index is -0.0879. The van der Waals surface area contributed by atoms with Gasteiger partial charge in [0.2, 0.25) is 5.95 Å². The van der Waals surface area contributed by atoms with Crippen molar-refractivity contribution in [2.24, 2.45) is 0 Å². The normalized spacial score (nSPS) is 16.1. The molecule has 0 amide bonds. The molecular formula is C26H27N7O2S. The standard InChI is InChI=1S/C26H27N7O2S/c1-17-7-2-3-8-20(17)32-21(30-18-11-14-36-23(18)25(32)34)9-6-12-28-26-31-19-15-27-16-29-24(19)33(26)22-10-4-5-13-35-22/h2-3,7-8,11,14-16,22H,4-6,9-10,12-13H2,1H3,(H,28,31). The topological polar surface area (TPSA) is 99.8 Å². The van der Waals surface area contributed by atoms with E-state index >= 15 is 0 Å². The van der Waals surface area contributed by atoms with Gasteiger partial charge in [-0.3, -0.25) is 13.9 Å². The molecule has 1 saturated heterocycles. The van der Waals surface area contributed by atoms with E-state index in [1.165, 1.54) is 11.3 Å². The number of nitrogens with zero attached hydrogens (tertiary/aromatic N) is 6. The van der Waals surface area contributed by atoms with E-state index < -0.39 is 0 Å². The third-order valence-corrected chi connectivity index (χ3v) is 7.46. The first-order valence-electron chi connectivity index (χ1n) is 12.3. The predicted molar refractivity (Wildman–Crippen MR) is 141 cm³/mol. The third-order valence-electron chi connectivity index (χ3n) is 6.56. The minimum absolute atomic E-state index is 0.0120. The molecular weight excluding hydrogens is 474 g/mol. The maximum absolute atomic E-state index is 13.4. The molecule has 36 heavy (non-hydrogen) atoms. The van der Waals surface area contributed by atoms with Gasteiger partial charge in [0.15, 0.2) is 5.65 Å². The monoisotopic (exact) mass is 501 g/mol. The number of benzene rings is 1. The second kappa shape index (κ2) is 9.79. The third kappa shape index (κ3) is 4.16. The smallest absolute Gasteiger partial charge is 0.276 e. The summed E-state index contributed by atoms with van der Waals surface area (Å²) in [4.78, 5) is 31.6. The van der Waals surface area contributed by atoms with Crippen LogP contribution in [0.15, 0.2) is 53.0 Å². The Bertz CT molecular complexity index is 1580. The number of aryl methyl sites for hydroxylation is 2. The van der Waals surface area contributed by atoms with E-state index in [0.29, 0.717) is 17.7 Å². The van der Waals surface area contributed by atoms with Crippen molar-refractivity contribution < 1.29 is 4.74 Å². The Morgan fingerprint density at radius 1 is 1.17 bits per heavy atom. The lowest BCUT2D eigenvalue weighted by Gasteiger charge is -2.25. The SMILES string of the molecule is Cc1ccccc1-n1c(CCCNc2nc3cncnc3n2C2CCCCO2)nc2ccsc2c1=O. The van der Waals surface area contributed by atoms with Gasteiger partial charge in [0.25, 0.3) is 5.56 Å². The van der Waals surface area contributed by atoms with Gasteiger partial charge in [-0.1, -0.05) is 18.2 Å². The van der Waals surface area contributed by atoms with Crippen LogP contribution in [0.3, 0.4) is 0 Å². The average Bonchev–Trinajstić information content (AvgIpc) is 3.53. The second-order valence-corrected chi connectivity index (χ2v) is 9.89. The number of imidazole rings is 1. The van der Waals surface area contributed by atoms with Crippen molar-refractivity contribution in [1.82, 2.24) is 29.1 Å². The maximum Gasteiger partial charge on any atom is 0.276 e. The van der Waals surface area contributed by atoms with Gasteiger partial charge in [0, 0.05) is 19.6 Å². The summed E-state index contributed by atoms with van der Waals surface area (Å²) in [5.41, 5.74) is 4.18. The van der Waals surface area contributed by atoms with Crippen molar-refractivity contribution >= 4 is 38.7 Å². The number of hydrogen-bond acceptors (Lipinski definition) is 8. The first kappa shape index (κ1) is 22.8. The molecule has 1 aromatic carbocycles. The van der Waals surface area contributed by atoms with Gasteiger partial charge in [-0.15, -0.1) is 11.3 Å². The molecule has 9 nitrogen and oxygen atoms in total. The van der Waals surface area contributed by atoms with E-state index in [0.717, 1.165) is 72.0 Å². The Morgan fingerprint density at radius 3 is 2.94 bits per heavy atom. The second-order valence-electron chi connectivity index (χ2n) is 8.98. The van der Waals surface area contributed by atoms with Crippen LogP contribution >= 0.6 is 11.3 Å². The van der Waals surface area contributed by atoms with Crippen molar-refractivity contribution in [3.05, 3.63) is 70.0 Å². The molecule has 5 heterocycles. The quantitative estimate of drug-likeness (QED) is 0.324. The molecule has 1 fully saturated rings. The van der Waals surface area contributed by atoms with Gasteiger partial charge in [-0.05, 0) is 55.7 Å². The van der Waals surface area contributed by atoms with Gasteiger partial charge >= 0.3 is 0 Å². The van der Waals surface area contributed by atoms with E-state index in [-0.39, 0.29) is 11.8 Å². The molecule has 1 unspecified atom stereocenters. The predicted octanol–water partition coefficient (Wildman–Crippen LogP) is 4.64. The van der Waals surface area contributed by atoms with Crippen LogP contribution in [0, 0.1) is 6.92 Å². The van der Waals surface area contributed by atoms with Crippen LogP contribution < -0.4 is 10.9 Å². The zero-order chi connectivity index (χ0) is 24.5. The first-order valence-corrected chi connectivity index (χ1v) is 13.2. The van der Waals surface area contributed by atoms with E-state index in [4.69, 9.17) is 14.7 Å². The van der Waals surface area contributed by atoms with E-state index in [2.05, 4.69) is 19.9 Å². The number of para-hydroxylation sites is 1. The van der Waals surface area contributed by atoms with Crippen LogP contribution in [0.1, 0.15) is 43.3 Å². The highest BCUT2D eigenvalue weighted by molar-refractivity contribution is 7.17. The number of fused-ring (bicyclic) bond motifs is 2. The molecule has 0 radical (unpaired) electrons. The van der Waals surface area contributed by atoms with Crippen molar-refractivity contribution in [2.45, 2.75) is 45.3 Å². The zero-order valence-corrected chi connectivity index (χ0v) is 20.9. The summed E-state index contributed by atoms with van der Waals surface area (Å²) in [5.74, 6) is 1.49. The molecule has 6 rings (SSSR count). The van der Waals surface area contributed by atoms with Crippen LogP contribution in [0.5, 0.6) is 0 Å². The Labute approximate surface area is 211 Å². The van der Waals surface area contributed by atoms with Gasteiger partial charge < -0.3 is 10.1 Å². The molecule has 0 bridgehead atoms. The molecule has 0 saturated carbocycles. The number of aromatic nitrogens is 6. The number of thiophene rings is 1. The average molecular weight is 502 g/mol. The number of nitrogens with one attached hydrogen (secondary N) is 1. The number of anilines is 1. The van der Waals surface area contributed by atoms with Crippen LogP contribution in [-0.4, -0.2) is 42.2 Å². The molecule has 5 aromatic rings. The molecule has 1 atom stereocenters. The molecule has 0 aliphatic carbocycles. The highest BCUT2D eigenvalue weighted by atomic mass is 32.1. The molecule has 1 aliphatic rings. The lowest BCUT2D eigenvalue weighted by Crippen LogP contribution is -2.24. The molecule has 0 spiro atoms. The van der Waals surface area contributed by atoms with Crippen LogP contribution in [0.4, 0.5) is 5.95 Å². The van der Waals surface area contributed by atoms with E-state index in [1.54, 1.807) is 17.1 Å². The zero-order valence-electron chi connectivity index (χ0n) is 20.1. The highest BCUT2D eigenvalue weighted by Crippen LogP contribution is 2.29. The molecule has 4 aromatic heterocycles. The summed E-state index contributed by atoms with van der Waals surface area (Å²) < 4.78 is 10.6. The summed E-state index contributed by atoms with van der Waals surface area (Å²) >= 11 is 1.44. The Balaban J connectivity index is 1.26. The molecule has 1 N–H and O–H groups in total. The summed E-state index contributed by atoms with van der Waals surface area (Å²) in [6.45, 7) is 3.42. The highest BCUT2D eigenvalue weighted by Gasteiger charge is 2.23. The van der Waals surface area contributed by atoms with Crippen LogP contribution in [-0.2, 0) is 11.2 Å². The first-order chi connectivity index (χ1) is 17.7. The van der Waals surface area contributed by atoms with Crippen molar-refractivity contribution in [1.29, 1.82) is 0 Å². The molecule has 184 valence electrons. The number of ether oxygens (including phenoxy) is 1. The van der Waals surface area contributed by atoms with Crippen molar-refractivity contribution in [3.63, 3.8) is 0 Å². The maximum atomic E-state index is 13.4. The summed E-state index contributed by atoms with van der Waals surface area (Å²) in [6, 6.07) is 9.86. The van der Waals surface area contributed by atoms with E-state index in [9.17, 15) is 4.79 Å². The summed E-state index contributed by atoms with van der Waals surface area (Å²) in [7, 11) is 0. The molecule has 10 heteroatoms. The number of rotatable bonds is 7. The van der Waals surface area contributed by atoms with Gasteiger partial charge in [0.05, 0.1) is 17.4 Å². The minimum Gasteiger partial charge on any atom is -0.358 e.